The molecule has 1 aliphatic heterocycles. The largest absolute Gasteiger partial charge is 0.495 e. The topological polar surface area (TPSA) is 79.9 Å². The maximum Gasteiger partial charge on any atom is 0.259 e. The number of halogens is 1. The first kappa shape index (κ1) is 23.0. The number of rotatable bonds is 6. The lowest BCUT2D eigenvalue weighted by Gasteiger charge is -2.25. The summed E-state index contributed by atoms with van der Waals surface area (Å²) in [4.78, 5) is 29.4. The summed E-state index contributed by atoms with van der Waals surface area (Å²) in [5.74, 6) is 0.701. The Labute approximate surface area is 197 Å². The molecule has 0 saturated carbocycles. The molecule has 32 heavy (non-hydrogen) atoms. The standard InChI is InChI=1S/C23H28ClN3O4S/c1-14-3-5-16-19(11-14)32-23(26-20(28)13-27-7-9-31-10-8-27)21(16)22(29)25-17-12-15(24)4-6-18(17)30-2/h4,6,12,14H,3,5,7-11,13H2,1-2H3,(H,25,29)(H,26,28)/t14-/m0/s1. The monoisotopic (exact) mass is 477 g/mol. The lowest BCUT2D eigenvalue weighted by Crippen LogP contribution is -2.41. The summed E-state index contributed by atoms with van der Waals surface area (Å²) < 4.78 is 10.7. The third kappa shape index (κ3) is 5.26. The molecule has 2 aromatic rings. The minimum absolute atomic E-state index is 0.118. The molecule has 7 nitrogen and oxygen atoms in total. The van der Waals surface area contributed by atoms with E-state index < -0.39 is 0 Å². The predicted molar refractivity (Wildman–Crippen MR) is 127 cm³/mol. The van der Waals surface area contributed by atoms with Gasteiger partial charge in [0.25, 0.3) is 5.91 Å². The number of hydrogen-bond acceptors (Lipinski definition) is 6. The Morgan fingerprint density at radius 1 is 1.28 bits per heavy atom. The molecule has 2 heterocycles. The van der Waals surface area contributed by atoms with Crippen molar-refractivity contribution in [3.63, 3.8) is 0 Å². The number of methoxy groups -OCH3 is 1. The molecule has 1 saturated heterocycles. The van der Waals surface area contributed by atoms with Crippen molar-refractivity contribution in [2.75, 3.05) is 50.6 Å². The number of nitrogens with zero attached hydrogens (tertiary/aromatic N) is 1. The van der Waals surface area contributed by atoms with E-state index in [0.717, 1.165) is 37.9 Å². The average Bonchev–Trinajstić information content (AvgIpc) is 3.11. The Bertz CT molecular complexity index is 1000. The van der Waals surface area contributed by atoms with Gasteiger partial charge in [-0.25, -0.2) is 0 Å². The molecular formula is C23H28ClN3O4S. The summed E-state index contributed by atoms with van der Waals surface area (Å²) in [6.07, 6.45) is 2.76. The molecule has 1 aromatic heterocycles. The van der Waals surface area contributed by atoms with Crippen LogP contribution in [0.5, 0.6) is 5.75 Å². The number of morpholine rings is 1. The van der Waals surface area contributed by atoms with Crippen molar-refractivity contribution < 1.29 is 19.1 Å². The number of carbonyl (C=O) groups is 2. The summed E-state index contributed by atoms with van der Waals surface area (Å²) in [7, 11) is 1.55. The average molecular weight is 478 g/mol. The van der Waals surface area contributed by atoms with E-state index in [-0.39, 0.29) is 18.4 Å². The van der Waals surface area contributed by atoms with Gasteiger partial charge in [-0.1, -0.05) is 18.5 Å². The Morgan fingerprint density at radius 2 is 2.06 bits per heavy atom. The van der Waals surface area contributed by atoms with Gasteiger partial charge in [0.1, 0.15) is 10.8 Å². The van der Waals surface area contributed by atoms with Gasteiger partial charge >= 0.3 is 0 Å². The summed E-state index contributed by atoms with van der Waals surface area (Å²) in [6.45, 7) is 5.23. The van der Waals surface area contributed by atoms with Crippen LogP contribution in [0.3, 0.4) is 0 Å². The Hall–Kier alpha value is -2.13. The van der Waals surface area contributed by atoms with Crippen LogP contribution in [-0.4, -0.2) is 56.7 Å². The molecule has 1 atom stereocenters. The number of thiophene rings is 1. The van der Waals surface area contributed by atoms with Gasteiger partial charge in [-0.05, 0) is 48.9 Å². The highest BCUT2D eigenvalue weighted by molar-refractivity contribution is 7.17. The zero-order valence-corrected chi connectivity index (χ0v) is 19.9. The maximum absolute atomic E-state index is 13.4. The number of carbonyl (C=O) groups excluding carboxylic acids is 2. The zero-order chi connectivity index (χ0) is 22.7. The quantitative estimate of drug-likeness (QED) is 0.656. The smallest absolute Gasteiger partial charge is 0.259 e. The van der Waals surface area contributed by atoms with E-state index in [2.05, 4.69) is 22.5 Å². The number of fused-ring (bicyclic) bond motifs is 1. The van der Waals surface area contributed by atoms with Crippen LogP contribution in [0.25, 0.3) is 0 Å². The molecule has 1 aromatic carbocycles. The van der Waals surface area contributed by atoms with E-state index in [1.807, 2.05) is 0 Å². The highest BCUT2D eigenvalue weighted by Gasteiger charge is 2.29. The van der Waals surface area contributed by atoms with E-state index in [4.69, 9.17) is 21.1 Å². The number of ether oxygens (including phenoxy) is 2. The summed E-state index contributed by atoms with van der Waals surface area (Å²) in [5, 5.41) is 7.07. The van der Waals surface area contributed by atoms with Crippen molar-refractivity contribution in [2.45, 2.75) is 26.2 Å². The molecule has 2 aliphatic rings. The van der Waals surface area contributed by atoms with Gasteiger partial charge in [-0.15, -0.1) is 11.3 Å². The van der Waals surface area contributed by atoms with Crippen molar-refractivity contribution in [3.05, 3.63) is 39.2 Å². The first-order valence-electron chi connectivity index (χ1n) is 10.8. The van der Waals surface area contributed by atoms with Crippen molar-refractivity contribution >= 4 is 45.4 Å². The van der Waals surface area contributed by atoms with Crippen LogP contribution in [0.15, 0.2) is 18.2 Å². The summed E-state index contributed by atoms with van der Waals surface area (Å²) in [6, 6.07) is 5.09. The first-order chi connectivity index (χ1) is 15.4. The SMILES string of the molecule is COc1ccc(Cl)cc1NC(=O)c1c(NC(=O)CN2CCOCC2)sc2c1CC[C@H](C)C2. The summed E-state index contributed by atoms with van der Waals surface area (Å²) >= 11 is 7.65. The zero-order valence-electron chi connectivity index (χ0n) is 18.3. The molecule has 9 heteroatoms. The highest BCUT2D eigenvalue weighted by Crippen LogP contribution is 2.40. The van der Waals surface area contributed by atoms with E-state index >= 15 is 0 Å². The molecule has 0 radical (unpaired) electrons. The number of nitrogens with one attached hydrogen (secondary N) is 2. The number of amides is 2. The van der Waals surface area contributed by atoms with Crippen molar-refractivity contribution in [3.8, 4) is 5.75 Å². The van der Waals surface area contributed by atoms with Crippen LogP contribution in [0, 0.1) is 5.92 Å². The van der Waals surface area contributed by atoms with Crippen LogP contribution < -0.4 is 15.4 Å². The Morgan fingerprint density at radius 3 is 2.81 bits per heavy atom. The Kier molecular flexibility index (Phi) is 7.35. The molecule has 4 rings (SSSR count). The fourth-order valence-corrected chi connectivity index (χ4v) is 5.77. The molecule has 0 unspecified atom stereocenters. The molecule has 0 bridgehead atoms. The van der Waals surface area contributed by atoms with Gasteiger partial charge in [0.2, 0.25) is 5.91 Å². The van der Waals surface area contributed by atoms with Gasteiger partial charge in [0.05, 0.1) is 38.1 Å². The predicted octanol–water partition coefficient (Wildman–Crippen LogP) is 4.06. The second-order valence-electron chi connectivity index (χ2n) is 8.29. The van der Waals surface area contributed by atoms with Gasteiger partial charge in [0, 0.05) is 23.0 Å². The second-order valence-corrected chi connectivity index (χ2v) is 9.83. The molecule has 172 valence electrons. The van der Waals surface area contributed by atoms with E-state index in [0.29, 0.717) is 46.2 Å². The minimum Gasteiger partial charge on any atom is -0.495 e. The normalized spacial score (nSPS) is 18.7. The molecule has 1 fully saturated rings. The van der Waals surface area contributed by atoms with Crippen LogP contribution in [0.4, 0.5) is 10.7 Å². The third-order valence-corrected chi connectivity index (χ3v) is 7.28. The molecule has 2 amide bonds. The van der Waals surface area contributed by atoms with Crippen LogP contribution in [-0.2, 0) is 22.4 Å². The van der Waals surface area contributed by atoms with Crippen molar-refractivity contribution in [2.24, 2.45) is 5.92 Å². The number of hydrogen-bond donors (Lipinski definition) is 2. The van der Waals surface area contributed by atoms with E-state index in [9.17, 15) is 9.59 Å². The third-order valence-electron chi connectivity index (χ3n) is 5.87. The highest BCUT2D eigenvalue weighted by atomic mass is 35.5. The maximum atomic E-state index is 13.4. The molecular weight excluding hydrogens is 450 g/mol. The van der Waals surface area contributed by atoms with E-state index in [1.165, 1.54) is 16.2 Å². The Balaban J connectivity index is 1.59. The van der Waals surface area contributed by atoms with Crippen LogP contribution in [0.2, 0.25) is 5.02 Å². The fraction of sp³-hybridized carbons (Fsp3) is 0.478. The van der Waals surface area contributed by atoms with Crippen molar-refractivity contribution in [1.82, 2.24) is 4.90 Å². The molecule has 1 aliphatic carbocycles. The van der Waals surface area contributed by atoms with Gasteiger partial charge in [0.15, 0.2) is 0 Å². The van der Waals surface area contributed by atoms with Crippen LogP contribution >= 0.6 is 22.9 Å². The van der Waals surface area contributed by atoms with Crippen LogP contribution in [0.1, 0.15) is 34.1 Å². The van der Waals surface area contributed by atoms with Gasteiger partial charge in [-0.3, -0.25) is 14.5 Å². The second kappa shape index (κ2) is 10.2. The lowest BCUT2D eigenvalue weighted by molar-refractivity contribution is -0.118. The first-order valence-corrected chi connectivity index (χ1v) is 12.0. The molecule has 2 N–H and O–H groups in total. The van der Waals surface area contributed by atoms with Gasteiger partial charge < -0.3 is 20.1 Å². The molecule has 0 spiro atoms. The van der Waals surface area contributed by atoms with Crippen molar-refractivity contribution in [1.29, 1.82) is 0 Å². The van der Waals surface area contributed by atoms with E-state index in [1.54, 1.807) is 25.3 Å². The lowest BCUT2D eigenvalue weighted by atomic mass is 9.88. The fourth-order valence-electron chi connectivity index (χ4n) is 4.17. The number of benzene rings is 1. The van der Waals surface area contributed by atoms with Gasteiger partial charge in [-0.2, -0.15) is 0 Å². The summed E-state index contributed by atoms with van der Waals surface area (Å²) in [5.41, 5.74) is 2.09. The number of anilines is 2. The minimum atomic E-state index is -0.265.